The van der Waals surface area contributed by atoms with Crippen LogP contribution in [0.3, 0.4) is 0 Å². The zero-order valence-corrected chi connectivity index (χ0v) is 15.7. The molecule has 0 aromatic heterocycles. The number of aliphatic hydroxyl groups is 2. The van der Waals surface area contributed by atoms with Crippen molar-refractivity contribution < 1.29 is 19.7 Å². The Bertz CT molecular complexity index is 791. The van der Waals surface area contributed by atoms with Gasteiger partial charge in [-0.1, -0.05) is 30.3 Å². The molecule has 1 saturated heterocycles. The Labute approximate surface area is 160 Å². The predicted molar refractivity (Wildman–Crippen MR) is 104 cm³/mol. The van der Waals surface area contributed by atoms with E-state index < -0.39 is 5.60 Å². The number of nitrogens with zero attached hydrogens (tertiary/aromatic N) is 1. The third-order valence-corrected chi connectivity index (χ3v) is 5.20. The average Bonchev–Trinajstić information content (AvgIpc) is 2.72. The van der Waals surface area contributed by atoms with Gasteiger partial charge in [0.25, 0.3) is 5.91 Å². The van der Waals surface area contributed by atoms with Gasteiger partial charge in [0.05, 0.1) is 20.3 Å². The molecule has 1 fully saturated rings. The monoisotopic (exact) mass is 369 g/mol. The van der Waals surface area contributed by atoms with Gasteiger partial charge >= 0.3 is 0 Å². The summed E-state index contributed by atoms with van der Waals surface area (Å²) >= 11 is 0. The van der Waals surface area contributed by atoms with E-state index in [0.29, 0.717) is 24.9 Å². The summed E-state index contributed by atoms with van der Waals surface area (Å²) in [4.78, 5) is 14.7. The van der Waals surface area contributed by atoms with Crippen LogP contribution in [-0.4, -0.2) is 53.4 Å². The molecule has 1 aliphatic heterocycles. The van der Waals surface area contributed by atoms with Gasteiger partial charge < -0.3 is 19.8 Å². The standard InChI is InChI=1S/C22H27NO4/c1-27-19-8-4-6-17(14-19)10-11-18-7-2-3-9-20(18)21(25)23-13-5-12-22(26,15-23)16-24/h2-4,6-9,14,24,26H,5,10-13,15-16H2,1H3. The van der Waals surface area contributed by atoms with E-state index in [2.05, 4.69) is 6.07 Å². The summed E-state index contributed by atoms with van der Waals surface area (Å²) in [5, 5.41) is 19.8. The van der Waals surface area contributed by atoms with Crippen LogP contribution in [0.4, 0.5) is 0 Å². The third kappa shape index (κ3) is 4.67. The van der Waals surface area contributed by atoms with E-state index in [1.165, 1.54) is 0 Å². The molecule has 5 heteroatoms. The van der Waals surface area contributed by atoms with Crippen molar-refractivity contribution in [2.45, 2.75) is 31.3 Å². The number of aryl methyl sites for hydroxylation is 2. The quantitative estimate of drug-likeness (QED) is 0.821. The maximum absolute atomic E-state index is 13.0. The highest BCUT2D eigenvalue weighted by molar-refractivity contribution is 5.95. The number of carbonyl (C=O) groups is 1. The molecule has 2 aromatic rings. The number of ether oxygens (including phenoxy) is 1. The average molecular weight is 369 g/mol. The summed E-state index contributed by atoms with van der Waals surface area (Å²) < 4.78 is 5.27. The van der Waals surface area contributed by atoms with Gasteiger partial charge in [0, 0.05) is 12.1 Å². The van der Waals surface area contributed by atoms with Gasteiger partial charge in [-0.15, -0.1) is 0 Å². The highest BCUT2D eigenvalue weighted by Crippen LogP contribution is 2.24. The number of piperidine rings is 1. The first-order valence-electron chi connectivity index (χ1n) is 9.38. The van der Waals surface area contributed by atoms with Crippen molar-refractivity contribution in [2.24, 2.45) is 0 Å². The van der Waals surface area contributed by atoms with E-state index >= 15 is 0 Å². The molecular weight excluding hydrogens is 342 g/mol. The summed E-state index contributed by atoms with van der Waals surface area (Å²) in [6.07, 6.45) is 2.76. The number of carbonyl (C=O) groups excluding carboxylic acids is 1. The number of benzene rings is 2. The molecule has 2 N–H and O–H groups in total. The van der Waals surface area contributed by atoms with E-state index in [4.69, 9.17) is 4.74 Å². The number of hydrogen-bond acceptors (Lipinski definition) is 4. The number of rotatable bonds is 6. The molecule has 0 spiro atoms. The van der Waals surface area contributed by atoms with Crippen molar-refractivity contribution in [3.8, 4) is 5.75 Å². The van der Waals surface area contributed by atoms with Crippen molar-refractivity contribution in [1.29, 1.82) is 0 Å². The van der Waals surface area contributed by atoms with Gasteiger partial charge in [-0.3, -0.25) is 4.79 Å². The molecule has 0 saturated carbocycles. The zero-order valence-electron chi connectivity index (χ0n) is 15.7. The van der Waals surface area contributed by atoms with Gasteiger partial charge in [0.2, 0.25) is 0 Å². The Hall–Kier alpha value is -2.37. The molecule has 3 rings (SSSR count). The van der Waals surface area contributed by atoms with Crippen LogP contribution in [0.1, 0.15) is 34.3 Å². The number of methoxy groups -OCH3 is 1. The Morgan fingerprint density at radius 2 is 2.00 bits per heavy atom. The Balaban J connectivity index is 1.74. The first-order chi connectivity index (χ1) is 13.0. The van der Waals surface area contributed by atoms with Crippen LogP contribution >= 0.6 is 0 Å². The van der Waals surface area contributed by atoms with Crippen LogP contribution in [0.5, 0.6) is 5.75 Å². The van der Waals surface area contributed by atoms with Gasteiger partial charge in [-0.25, -0.2) is 0 Å². The van der Waals surface area contributed by atoms with Crippen LogP contribution in [0.25, 0.3) is 0 Å². The molecule has 144 valence electrons. The summed E-state index contributed by atoms with van der Waals surface area (Å²) in [7, 11) is 1.65. The Morgan fingerprint density at radius 3 is 2.78 bits per heavy atom. The fourth-order valence-electron chi connectivity index (χ4n) is 3.64. The highest BCUT2D eigenvalue weighted by Gasteiger charge is 2.35. The van der Waals surface area contributed by atoms with Gasteiger partial charge in [0.1, 0.15) is 11.4 Å². The lowest BCUT2D eigenvalue weighted by Crippen LogP contribution is -2.52. The first kappa shape index (κ1) is 19.4. The zero-order chi connectivity index (χ0) is 19.3. The maximum Gasteiger partial charge on any atom is 0.254 e. The molecule has 2 aromatic carbocycles. The minimum Gasteiger partial charge on any atom is -0.497 e. The topological polar surface area (TPSA) is 70.0 Å². The lowest BCUT2D eigenvalue weighted by molar-refractivity contribution is -0.0598. The number of β-amino-alcohol motifs (C(OH)–C–C–N with tert-alkyl or cyclic N) is 1. The second-order valence-electron chi connectivity index (χ2n) is 7.22. The predicted octanol–water partition coefficient (Wildman–Crippen LogP) is 2.44. The second kappa shape index (κ2) is 8.55. The van der Waals surface area contributed by atoms with Gasteiger partial charge in [-0.05, 0) is 55.0 Å². The fourth-order valence-corrected chi connectivity index (χ4v) is 3.64. The number of aliphatic hydroxyl groups excluding tert-OH is 1. The fraction of sp³-hybridized carbons (Fsp3) is 0.409. The van der Waals surface area contributed by atoms with Crippen LogP contribution in [0.15, 0.2) is 48.5 Å². The molecule has 1 aliphatic rings. The van der Waals surface area contributed by atoms with E-state index in [9.17, 15) is 15.0 Å². The molecular formula is C22H27NO4. The number of likely N-dealkylation sites (tertiary alicyclic amines) is 1. The van der Waals surface area contributed by atoms with Crippen LogP contribution < -0.4 is 4.74 Å². The van der Waals surface area contributed by atoms with Crippen molar-refractivity contribution >= 4 is 5.91 Å². The number of amides is 1. The summed E-state index contributed by atoms with van der Waals surface area (Å²) in [6.45, 7) is 0.451. The van der Waals surface area contributed by atoms with Crippen molar-refractivity contribution in [1.82, 2.24) is 4.90 Å². The van der Waals surface area contributed by atoms with Crippen LogP contribution in [0, 0.1) is 0 Å². The molecule has 5 nitrogen and oxygen atoms in total. The highest BCUT2D eigenvalue weighted by atomic mass is 16.5. The van der Waals surface area contributed by atoms with Crippen molar-refractivity contribution in [3.63, 3.8) is 0 Å². The molecule has 0 bridgehead atoms. The second-order valence-corrected chi connectivity index (χ2v) is 7.22. The van der Waals surface area contributed by atoms with Crippen molar-refractivity contribution in [3.05, 3.63) is 65.2 Å². The Kier molecular flexibility index (Phi) is 6.14. The van der Waals surface area contributed by atoms with E-state index in [1.54, 1.807) is 12.0 Å². The molecule has 27 heavy (non-hydrogen) atoms. The molecule has 0 radical (unpaired) electrons. The van der Waals surface area contributed by atoms with E-state index in [0.717, 1.165) is 29.7 Å². The largest absolute Gasteiger partial charge is 0.497 e. The SMILES string of the molecule is COc1cccc(CCc2ccccc2C(=O)N2CCCC(O)(CO)C2)c1. The van der Waals surface area contributed by atoms with Crippen LogP contribution in [0.2, 0.25) is 0 Å². The van der Waals surface area contributed by atoms with Crippen LogP contribution in [-0.2, 0) is 12.8 Å². The minimum absolute atomic E-state index is 0.0807. The lowest BCUT2D eigenvalue weighted by Gasteiger charge is -2.38. The van der Waals surface area contributed by atoms with Gasteiger partial charge in [0.15, 0.2) is 0 Å². The van der Waals surface area contributed by atoms with Gasteiger partial charge in [-0.2, -0.15) is 0 Å². The maximum atomic E-state index is 13.0. The molecule has 0 aliphatic carbocycles. The minimum atomic E-state index is -1.19. The summed E-state index contributed by atoms with van der Waals surface area (Å²) in [5.74, 6) is 0.747. The normalized spacial score (nSPS) is 19.7. The number of hydrogen-bond donors (Lipinski definition) is 2. The van der Waals surface area contributed by atoms with E-state index in [-0.39, 0.29) is 19.1 Å². The summed E-state index contributed by atoms with van der Waals surface area (Å²) in [5.41, 5.74) is 1.62. The third-order valence-electron chi connectivity index (χ3n) is 5.20. The van der Waals surface area contributed by atoms with E-state index in [1.807, 2.05) is 42.5 Å². The molecule has 1 unspecified atom stereocenters. The Morgan fingerprint density at radius 1 is 1.19 bits per heavy atom. The first-order valence-corrected chi connectivity index (χ1v) is 9.38. The smallest absolute Gasteiger partial charge is 0.254 e. The lowest BCUT2D eigenvalue weighted by atomic mass is 9.92. The summed E-state index contributed by atoms with van der Waals surface area (Å²) in [6, 6.07) is 15.6. The molecule has 1 amide bonds. The molecule has 1 heterocycles. The molecule has 1 atom stereocenters. The van der Waals surface area contributed by atoms with Crippen molar-refractivity contribution in [2.75, 3.05) is 26.8 Å².